The molecule has 6 heteroatoms. The fraction of sp³-hybridized carbons (Fsp3) is 0.625. The van der Waals surface area contributed by atoms with Gasteiger partial charge in [-0.05, 0) is 43.5 Å². The van der Waals surface area contributed by atoms with Crippen molar-refractivity contribution in [2.45, 2.75) is 25.8 Å². The van der Waals surface area contributed by atoms with E-state index in [1.807, 2.05) is 18.0 Å². The van der Waals surface area contributed by atoms with Gasteiger partial charge in [-0.15, -0.1) is 0 Å². The van der Waals surface area contributed by atoms with Gasteiger partial charge in [0.2, 0.25) is 11.7 Å². The Morgan fingerprint density at radius 1 is 1.36 bits per heavy atom. The number of amides is 1. The van der Waals surface area contributed by atoms with Crippen LogP contribution in [0.25, 0.3) is 0 Å². The molecule has 0 aromatic carbocycles. The molecule has 2 fully saturated rings. The highest BCUT2D eigenvalue weighted by Gasteiger charge is 2.43. The topological polar surface area (TPSA) is 63.0 Å². The van der Waals surface area contributed by atoms with Crippen LogP contribution in [-0.2, 0) is 16.1 Å². The number of carbonyl (C=O) groups is 2. The summed E-state index contributed by atoms with van der Waals surface area (Å²) < 4.78 is 10.2. The molecule has 2 aliphatic rings. The molecular weight excluding hydrogens is 284 g/mol. The normalized spacial score (nSPS) is 21.5. The number of hydrogen-bond acceptors (Lipinski definition) is 5. The van der Waals surface area contributed by atoms with E-state index in [1.165, 1.54) is 7.11 Å². The SMILES string of the molecule is COC(=O)c1ccc(CN2CCC3(CC2)CC(=O)N(C)C3)o1. The van der Waals surface area contributed by atoms with Crippen molar-refractivity contribution in [3.8, 4) is 0 Å². The number of carbonyl (C=O) groups excluding carboxylic acids is 2. The van der Waals surface area contributed by atoms with E-state index in [9.17, 15) is 9.59 Å². The molecule has 1 spiro atoms. The van der Waals surface area contributed by atoms with Gasteiger partial charge in [-0.2, -0.15) is 0 Å². The maximum Gasteiger partial charge on any atom is 0.373 e. The number of rotatable bonds is 3. The third-order valence-electron chi connectivity index (χ3n) is 4.87. The van der Waals surface area contributed by atoms with Crippen molar-refractivity contribution in [1.82, 2.24) is 9.80 Å². The molecule has 3 rings (SSSR count). The number of hydrogen-bond donors (Lipinski definition) is 0. The van der Waals surface area contributed by atoms with E-state index in [1.54, 1.807) is 6.07 Å². The van der Waals surface area contributed by atoms with E-state index in [4.69, 9.17) is 4.42 Å². The number of piperidine rings is 1. The van der Waals surface area contributed by atoms with Crippen LogP contribution in [0.3, 0.4) is 0 Å². The van der Waals surface area contributed by atoms with Crippen LogP contribution in [0.2, 0.25) is 0 Å². The standard InChI is InChI=1S/C16H22N2O4/c1-17-11-16(9-14(17)19)5-7-18(8-6-16)10-12-3-4-13(22-12)15(20)21-2/h3-4H,5-11H2,1-2H3. The van der Waals surface area contributed by atoms with Gasteiger partial charge < -0.3 is 14.1 Å². The van der Waals surface area contributed by atoms with Gasteiger partial charge in [0.15, 0.2) is 0 Å². The first kappa shape index (κ1) is 15.1. The average molecular weight is 306 g/mol. The summed E-state index contributed by atoms with van der Waals surface area (Å²) >= 11 is 0. The molecule has 1 aromatic rings. The third kappa shape index (κ3) is 2.88. The van der Waals surface area contributed by atoms with Gasteiger partial charge in [-0.3, -0.25) is 9.69 Å². The van der Waals surface area contributed by atoms with Gasteiger partial charge in [0.25, 0.3) is 0 Å². The second-order valence-electron chi connectivity index (χ2n) is 6.46. The smallest absolute Gasteiger partial charge is 0.373 e. The summed E-state index contributed by atoms with van der Waals surface area (Å²) in [5.74, 6) is 0.837. The van der Waals surface area contributed by atoms with Crippen molar-refractivity contribution in [3.05, 3.63) is 23.7 Å². The monoisotopic (exact) mass is 306 g/mol. The summed E-state index contributed by atoms with van der Waals surface area (Å²) in [5.41, 5.74) is 0.169. The molecule has 6 nitrogen and oxygen atoms in total. The zero-order chi connectivity index (χ0) is 15.7. The molecule has 0 atom stereocenters. The lowest BCUT2D eigenvalue weighted by atomic mass is 9.77. The first-order valence-corrected chi connectivity index (χ1v) is 7.65. The number of ether oxygens (including phenoxy) is 1. The summed E-state index contributed by atoms with van der Waals surface area (Å²) in [6.07, 6.45) is 2.76. The number of likely N-dealkylation sites (tertiary alicyclic amines) is 2. The van der Waals surface area contributed by atoms with Crippen molar-refractivity contribution < 1.29 is 18.7 Å². The zero-order valence-corrected chi connectivity index (χ0v) is 13.1. The first-order chi connectivity index (χ1) is 10.5. The van der Waals surface area contributed by atoms with Crippen LogP contribution >= 0.6 is 0 Å². The van der Waals surface area contributed by atoms with Crippen molar-refractivity contribution >= 4 is 11.9 Å². The Hall–Kier alpha value is -1.82. The summed E-state index contributed by atoms with van der Waals surface area (Å²) in [7, 11) is 3.23. The lowest BCUT2D eigenvalue weighted by Crippen LogP contribution is -2.40. The first-order valence-electron chi connectivity index (χ1n) is 7.65. The van der Waals surface area contributed by atoms with E-state index in [2.05, 4.69) is 9.64 Å². The second kappa shape index (κ2) is 5.76. The van der Waals surface area contributed by atoms with Crippen LogP contribution in [0.5, 0.6) is 0 Å². The van der Waals surface area contributed by atoms with Gasteiger partial charge in [0, 0.05) is 20.0 Å². The second-order valence-corrected chi connectivity index (χ2v) is 6.46. The molecule has 3 heterocycles. The number of nitrogens with zero attached hydrogens (tertiary/aromatic N) is 2. The van der Waals surface area contributed by atoms with Gasteiger partial charge in [-0.25, -0.2) is 4.79 Å². The van der Waals surface area contributed by atoms with E-state index >= 15 is 0 Å². The summed E-state index contributed by atoms with van der Waals surface area (Å²) in [4.78, 5) is 27.3. The lowest BCUT2D eigenvalue weighted by Gasteiger charge is -2.38. The fourth-order valence-corrected chi connectivity index (χ4v) is 3.52. The molecule has 1 amide bonds. The molecule has 0 radical (unpaired) electrons. The molecule has 0 unspecified atom stereocenters. The lowest BCUT2D eigenvalue weighted by molar-refractivity contribution is -0.126. The molecule has 1 aromatic heterocycles. The van der Waals surface area contributed by atoms with Crippen molar-refractivity contribution in [3.63, 3.8) is 0 Å². The van der Waals surface area contributed by atoms with Crippen LogP contribution in [-0.4, -0.2) is 55.5 Å². The molecule has 2 saturated heterocycles. The van der Waals surface area contributed by atoms with Crippen LogP contribution in [0.15, 0.2) is 16.5 Å². The maximum absolute atomic E-state index is 11.8. The van der Waals surface area contributed by atoms with E-state index < -0.39 is 5.97 Å². The van der Waals surface area contributed by atoms with Crippen LogP contribution in [0.4, 0.5) is 0 Å². The fourth-order valence-electron chi connectivity index (χ4n) is 3.52. The zero-order valence-electron chi connectivity index (χ0n) is 13.1. The van der Waals surface area contributed by atoms with Crippen LogP contribution in [0.1, 0.15) is 35.6 Å². The van der Waals surface area contributed by atoms with E-state index in [0.29, 0.717) is 13.0 Å². The maximum atomic E-state index is 11.8. The minimum absolute atomic E-state index is 0.169. The molecule has 2 aliphatic heterocycles. The highest BCUT2D eigenvalue weighted by atomic mass is 16.5. The summed E-state index contributed by atoms with van der Waals surface area (Å²) in [5, 5.41) is 0. The average Bonchev–Trinajstić information content (AvgIpc) is 3.07. The molecule has 22 heavy (non-hydrogen) atoms. The minimum Gasteiger partial charge on any atom is -0.463 e. The highest BCUT2D eigenvalue weighted by Crippen LogP contribution is 2.40. The van der Waals surface area contributed by atoms with Crippen LogP contribution in [0, 0.1) is 5.41 Å². The number of methoxy groups -OCH3 is 1. The van der Waals surface area contributed by atoms with Gasteiger partial charge in [-0.1, -0.05) is 0 Å². The van der Waals surface area contributed by atoms with E-state index in [-0.39, 0.29) is 17.1 Å². The molecular formula is C16H22N2O4. The highest BCUT2D eigenvalue weighted by molar-refractivity contribution is 5.86. The number of esters is 1. The number of furan rings is 1. The molecule has 0 N–H and O–H groups in total. The van der Waals surface area contributed by atoms with Crippen molar-refractivity contribution in [2.75, 3.05) is 33.8 Å². The molecule has 0 aliphatic carbocycles. The van der Waals surface area contributed by atoms with E-state index in [0.717, 1.165) is 38.2 Å². The Bertz CT molecular complexity index is 572. The van der Waals surface area contributed by atoms with Crippen molar-refractivity contribution in [1.29, 1.82) is 0 Å². The third-order valence-corrected chi connectivity index (χ3v) is 4.87. The summed E-state index contributed by atoms with van der Waals surface area (Å²) in [6.45, 7) is 3.48. The quantitative estimate of drug-likeness (QED) is 0.792. The predicted octanol–water partition coefficient (Wildman–Crippen LogP) is 1.51. The minimum atomic E-state index is -0.448. The Labute approximate surface area is 130 Å². The Morgan fingerprint density at radius 2 is 2.09 bits per heavy atom. The molecule has 120 valence electrons. The Morgan fingerprint density at radius 3 is 2.68 bits per heavy atom. The van der Waals surface area contributed by atoms with Gasteiger partial charge >= 0.3 is 5.97 Å². The molecule has 0 bridgehead atoms. The Kier molecular flexibility index (Phi) is 3.95. The predicted molar refractivity (Wildman–Crippen MR) is 79.2 cm³/mol. The largest absolute Gasteiger partial charge is 0.463 e. The Balaban J connectivity index is 1.55. The van der Waals surface area contributed by atoms with Gasteiger partial charge in [0.1, 0.15) is 5.76 Å². The van der Waals surface area contributed by atoms with Crippen LogP contribution < -0.4 is 0 Å². The molecule has 0 saturated carbocycles. The van der Waals surface area contributed by atoms with Crippen molar-refractivity contribution in [2.24, 2.45) is 5.41 Å². The van der Waals surface area contributed by atoms with Gasteiger partial charge in [0.05, 0.1) is 13.7 Å². The summed E-state index contributed by atoms with van der Waals surface area (Å²) in [6, 6.07) is 3.47.